The lowest BCUT2D eigenvalue weighted by atomic mass is 10.2. The highest BCUT2D eigenvalue weighted by molar-refractivity contribution is 6.29. The summed E-state index contributed by atoms with van der Waals surface area (Å²) in [5.74, 6) is 0.701. The molecule has 0 spiro atoms. The Balaban J connectivity index is 1.53. The van der Waals surface area contributed by atoms with Crippen LogP contribution >= 0.6 is 11.6 Å². The van der Waals surface area contributed by atoms with Crippen LogP contribution in [0.2, 0.25) is 5.15 Å². The summed E-state index contributed by atoms with van der Waals surface area (Å²) in [5, 5.41) is 3.90. The van der Waals surface area contributed by atoms with Crippen molar-refractivity contribution in [1.82, 2.24) is 19.9 Å². The molecule has 0 amide bonds. The summed E-state index contributed by atoms with van der Waals surface area (Å²) >= 11 is 5.79. The molecule has 0 radical (unpaired) electrons. The maximum absolute atomic E-state index is 5.79. The van der Waals surface area contributed by atoms with Gasteiger partial charge in [-0.15, -0.1) is 0 Å². The molecule has 1 atom stereocenters. The zero-order valence-electron chi connectivity index (χ0n) is 11.0. The number of likely N-dealkylation sites (tertiary alicyclic amines) is 1. The van der Waals surface area contributed by atoms with Gasteiger partial charge in [0, 0.05) is 44.3 Å². The minimum absolute atomic E-state index is 0.401. The fourth-order valence-electron chi connectivity index (χ4n) is 2.41. The fraction of sp³-hybridized carbons (Fsp3) is 0.357. The Morgan fingerprint density at radius 1 is 1.25 bits per heavy atom. The van der Waals surface area contributed by atoms with Gasteiger partial charge >= 0.3 is 0 Å². The molecule has 1 fully saturated rings. The van der Waals surface area contributed by atoms with E-state index in [-0.39, 0.29) is 0 Å². The number of rotatable bonds is 4. The lowest BCUT2D eigenvalue weighted by Gasteiger charge is -2.16. The molecule has 0 saturated carbocycles. The van der Waals surface area contributed by atoms with Crippen LogP contribution in [-0.4, -0.2) is 39.0 Å². The van der Waals surface area contributed by atoms with Gasteiger partial charge in [0.25, 0.3) is 0 Å². The van der Waals surface area contributed by atoms with Crippen molar-refractivity contribution in [3.05, 3.63) is 47.5 Å². The van der Waals surface area contributed by atoms with Crippen LogP contribution < -0.4 is 5.32 Å². The molecule has 0 bridgehead atoms. The molecule has 6 heteroatoms. The summed E-state index contributed by atoms with van der Waals surface area (Å²) in [6, 6.07) is 6.08. The largest absolute Gasteiger partial charge is 0.350 e. The van der Waals surface area contributed by atoms with Gasteiger partial charge in [0.2, 0.25) is 5.95 Å². The number of pyridine rings is 1. The lowest BCUT2D eigenvalue weighted by molar-refractivity contribution is 0.328. The number of nitrogens with zero attached hydrogens (tertiary/aromatic N) is 4. The van der Waals surface area contributed by atoms with E-state index in [9.17, 15) is 0 Å². The van der Waals surface area contributed by atoms with E-state index in [2.05, 4.69) is 25.2 Å². The Kier molecular flexibility index (Phi) is 4.08. The van der Waals surface area contributed by atoms with Crippen molar-refractivity contribution in [2.45, 2.75) is 19.0 Å². The highest BCUT2D eigenvalue weighted by Crippen LogP contribution is 2.16. The van der Waals surface area contributed by atoms with Gasteiger partial charge in [-0.2, -0.15) is 0 Å². The van der Waals surface area contributed by atoms with Gasteiger partial charge < -0.3 is 5.32 Å². The number of anilines is 1. The molecule has 0 aromatic carbocycles. The third kappa shape index (κ3) is 3.43. The Bertz CT molecular complexity index is 545. The van der Waals surface area contributed by atoms with Crippen LogP contribution in [0.15, 0.2) is 36.8 Å². The number of nitrogens with one attached hydrogen (secondary N) is 1. The third-order valence-corrected chi connectivity index (χ3v) is 3.59. The Labute approximate surface area is 123 Å². The molecule has 3 heterocycles. The van der Waals surface area contributed by atoms with Crippen LogP contribution in [0, 0.1) is 0 Å². The topological polar surface area (TPSA) is 53.9 Å². The first-order valence-electron chi connectivity index (χ1n) is 6.66. The van der Waals surface area contributed by atoms with Gasteiger partial charge in [-0.25, -0.2) is 15.0 Å². The molecule has 3 rings (SSSR count). The van der Waals surface area contributed by atoms with Crippen molar-refractivity contribution in [2.75, 3.05) is 18.4 Å². The van der Waals surface area contributed by atoms with E-state index in [0.717, 1.165) is 26.1 Å². The molecule has 1 N–H and O–H groups in total. The predicted molar refractivity (Wildman–Crippen MR) is 78.6 cm³/mol. The smallest absolute Gasteiger partial charge is 0.222 e. The van der Waals surface area contributed by atoms with Crippen molar-refractivity contribution in [3.8, 4) is 0 Å². The molecule has 0 aliphatic carbocycles. The minimum atomic E-state index is 0.401. The standard InChI is InChI=1S/C14H16ClN5/c15-13-3-2-11(8-18-13)9-20-7-4-12(10-20)19-14-16-5-1-6-17-14/h1-3,5-6,8,12H,4,7,9-10H2,(H,16,17,19). The average Bonchev–Trinajstić information content (AvgIpc) is 2.90. The molecule has 2 aromatic rings. The SMILES string of the molecule is Clc1ccc(CN2CCC(Nc3ncccn3)C2)cn1. The van der Waals surface area contributed by atoms with Gasteiger partial charge in [0.15, 0.2) is 0 Å². The second-order valence-electron chi connectivity index (χ2n) is 4.93. The second kappa shape index (κ2) is 6.15. The first-order valence-corrected chi connectivity index (χ1v) is 7.04. The van der Waals surface area contributed by atoms with E-state index >= 15 is 0 Å². The van der Waals surface area contributed by atoms with Gasteiger partial charge in [-0.1, -0.05) is 17.7 Å². The van der Waals surface area contributed by atoms with Crippen molar-refractivity contribution in [1.29, 1.82) is 0 Å². The van der Waals surface area contributed by atoms with Crippen LogP contribution in [0.25, 0.3) is 0 Å². The molecule has 20 heavy (non-hydrogen) atoms. The summed E-state index contributed by atoms with van der Waals surface area (Å²) in [6.45, 7) is 2.95. The lowest BCUT2D eigenvalue weighted by Crippen LogP contribution is -2.26. The van der Waals surface area contributed by atoms with Crippen LogP contribution in [0.1, 0.15) is 12.0 Å². The normalized spacial score (nSPS) is 19.1. The van der Waals surface area contributed by atoms with Gasteiger partial charge in [0.1, 0.15) is 5.15 Å². The number of aromatic nitrogens is 3. The third-order valence-electron chi connectivity index (χ3n) is 3.37. The fourth-order valence-corrected chi connectivity index (χ4v) is 2.52. The van der Waals surface area contributed by atoms with E-state index in [1.54, 1.807) is 12.4 Å². The summed E-state index contributed by atoms with van der Waals surface area (Å²) in [4.78, 5) is 14.9. The van der Waals surface area contributed by atoms with E-state index in [1.165, 1.54) is 5.56 Å². The van der Waals surface area contributed by atoms with Crippen molar-refractivity contribution in [3.63, 3.8) is 0 Å². The quantitative estimate of drug-likeness (QED) is 0.875. The Hall–Kier alpha value is -1.72. The highest BCUT2D eigenvalue weighted by Gasteiger charge is 2.22. The van der Waals surface area contributed by atoms with Crippen LogP contribution in [0.5, 0.6) is 0 Å². The molecule has 5 nitrogen and oxygen atoms in total. The van der Waals surface area contributed by atoms with E-state index < -0.39 is 0 Å². The zero-order valence-corrected chi connectivity index (χ0v) is 11.8. The summed E-state index contributed by atoms with van der Waals surface area (Å²) in [7, 11) is 0. The van der Waals surface area contributed by atoms with Crippen LogP contribution in [0.3, 0.4) is 0 Å². The highest BCUT2D eigenvalue weighted by atomic mass is 35.5. The molecular weight excluding hydrogens is 274 g/mol. The van der Waals surface area contributed by atoms with Crippen molar-refractivity contribution < 1.29 is 0 Å². The van der Waals surface area contributed by atoms with Gasteiger partial charge in [-0.05, 0) is 24.1 Å². The van der Waals surface area contributed by atoms with Crippen LogP contribution in [0.4, 0.5) is 5.95 Å². The number of hydrogen-bond donors (Lipinski definition) is 1. The molecular formula is C14H16ClN5. The van der Waals surface area contributed by atoms with E-state index in [4.69, 9.17) is 11.6 Å². The predicted octanol–water partition coefficient (Wildman–Crippen LogP) is 2.21. The summed E-state index contributed by atoms with van der Waals surface area (Å²) in [5.41, 5.74) is 1.19. The van der Waals surface area contributed by atoms with Gasteiger partial charge in [-0.3, -0.25) is 4.90 Å². The van der Waals surface area contributed by atoms with Gasteiger partial charge in [0.05, 0.1) is 0 Å². The maximum atomic E-state index is 5.79. The monoisotopic (exact) mass is 289 g/mol. The molecule has 104 valence electrons. The average molecular weight is 290 g/mol. The molecule has 1 aliphatic rings. The molecule has 1 aliphatic heterocycles. The van der Waals surface area contributed by atoms with E-state index in [1.807, 2.05) is 24.4 Å². The number of hydrogen-bond acceptors (Lipinski definition) is 5. The number of halogens is 1. The second-order valence-corrected chi connectivity index (χ2v) is 5.31. The maximum Gasteiger partial charge on any atom is 0.222 e. The summed E-state index contributed by atoms with van der Waals surface area (Å²) in [6.07, 6.45) is 6.44. The minimum Gasteiger partial charge on any atom is -0.350 e. The van der Waals surface area contributed by atoms with Crippen LogP contribution in [-0.2, 0) is 6.54 Å². The first-order chi connectivity index (χ1) is 9.79. The zero-order chi connectivity index (χ0) is 13.8. The molecule has 1 saturated heterocycles. The Morgan fingerprint density at radius 3 is 2.85 bits per heavy atom. The first kappa shape index (κ1) is 13.3. The van der Waals surface area contributed by atoms with Crippen molar-refractivity contribution in [2.24, 2.45) is 0 Å². The van der Waals surface area contributed by atoms with Crippen molar-refractivity contribution >= 4 is 17.5 Å². The molecule has 1 unspecified atom stereocenters. The molecule has 2 aromatic heterocycles. The summed E-state index contributed by atoms with van der Waals surface area (Å²) < 4.78 is 0. The Morgan fingerprint density at radius 2 is 2.10 bits per heavy atom. The van der Waals surface area contributed by atoms with E-state index in [0.29, 0.717) is 17.1 Å².